The van der Waals surface area contributed by atoms with Crippen LogP contribution in [0.5, 0.6) is 0 Å². The molecule has 0 bridgehead atoms. The van der Waals surface area contributed by atoms with E-state index in [2.05, 4.69) is 22.0 Å². The number of amides is 1. The van der Waals surface area contributed by atoms with Gasteiger partial charge in [-0.1, -0.05) is 13.0 Å². The lowest BCUT2D eigenvalue weighted by Crippen LogP contribution is -2.46. The summed E-state index contributed by atoms with van der Waals surface area (Å²) >= 11 is 0. The molecule has 1 aromatic carbocycles. The van der Waals surface area contributed by atoms with Gasteiger partial charge in [0, 0.05) is 44.0 Å². The number of hydrogen-bond donors (Lipinski definition) is 2. The average Bonchev–Trinajstić information content (AvgIpc) is 2.48. The summed E-state index contributed by atoms with van der Waals surface area (Å²) < 4.78 is 0. The fourth-order valence-corrected chi connectivity index (χ4v) is 2.63. The molecule has 1 aliphatic rings. The molecule has 21 heavy (non-hydrogen) atoms. The minimum absolute atomic E-state index is 0.0628. The topological polar surface area (TPSA) is 61.6 Å². The van der Waals surface area contributed by atoms with Gasteiger partial charge in [0.25, 0.3) is 0 Å². The maximum atomic E-state index is 11.9. The summed E-state index contributed by atoms with van der Waals surface area (Å²) in [6, 6.07) is 7.30. The summed E-state index contributed by atoms with van der Waals surface area (Å²) in [7, 11) is 0. The molecule has 0 spiro atoms. The third-order valence-electron chi connectivity index (χ3n) is 3.96. The molecule has 1 saturated heterocycles. The summed E-state index contributed by atoms with van der Waals surface area (Å²) in [6.45, 7) is 8.86. The second-order valence-electron chi connectivity index (χ2n) is 5.55. The van der Waals surface area contributed by atoms with Crippen LogP contribution in [0.25, 0.3) is 0 Å². The quantitative estimate of drug-likeness (QED) is 0.782. The van der Waals surface area contributed by atoms with Crippen molar-refractivity contribution in [1.29, 1.82) is 0 Å². The van der Waals surface area contributed by atoms with Crippen molar-refractivity contribution in [1.82, 2.24) is 9.80 Å². The van der Waals surface area contributed by atoms with Gasteiger partial charge in [0.2, 0.25) is 5.91 Å². The fourth-order valence-electron chi connectivity index (χ4n) is 2.63. The lowest BCUT2D eigenvalue weighted by Gasteiger charge is -2.33. The van der Waals surface area contributed by atoms with Gasteiger partial charge in [-0.05, 0) is 37.7 Å². The normalized spacial score (nSPS) is 16.8. The predicted molar refractivity (Wildman–Crippen MR) is 87.3 cm³/mol. The van der Waals surface area contributed by atoms with Crippen LogP contribution in [0, 0.1) is 0 Å². The second kappa shape index (κ2) is 8.00. The fraction of sp³-hybridized carbons (Fsp3) is 0.562. The number of rotatable bonds is 6. The van der Waals surface area contributed by atoms with Gasteiger partial charge in [-0.15, -0.1) is 0 Å². The minimum atomic E-state index is 0.0628. The molecule has 1 heterocycles. The average molecular weight is 290 g/mol. The van der Waals surface area contributed by atoms with Crippen molar-refractivity contribution in [2.45, 2.75) is 19.8 Å². The Kier molecular flexibility index (Phi) is 6.02. The van der Waals surface area contributed by atoms with Gasteiger partial charge in [0.1, 0.15) is 0 Å². The van der Waals surface area contributed by atoms with Crippen LogP contribution in [0.3, 0.4) is 0 Å². The van der Waals surface area contributed by atoms with Gasteiger partial charge in [0.05, 0.1) is 0 Å². The Bertz CT molecular complexity index is 455. The summed E-state index contributed by atoms with van der Waals surface area (Å²) in [5.74, 6) is 0.0628. The molecule has 2 rings (SSSR count). The summed E-state index contributed by atoms with van der Waals surface area (Å²) in [6.07, 6.45) is 1.46. The Balaban J connectivity index is 1.63. The van der Waals surface area contributed by atoms with Gasteiger partial charge in [0.15, 0.2) is 0 Å². The van der Waals surface area contributed by atoms with Crippen molar-refractivity contribution in [2.24, 2.45) is 0 Å². The highest BCUT2D eigenvalue weighted by atomic mass is 16.1. The lowest BCUT2D eigenvalue weighted by atomic mass is 10.2. The van der Waals surface area contributed by atoms with E-state index in [0.717, 1.165) is 51.4 Å². The number of benzene rings is 1. The molecule has 5 nitrogen and oxygen atoms in total. The van der Waals surface area contributed by atoms with Gasteiger partial charge < -0.3 is 20.9 Å². The zero-order chi connectivity index (χ0) is 15.1. The molecule has 1 aromatic rings. The van der Waals surface area contributed by atoms with E-state index in [4.69, 9.17) is 5.73 Å². The van der Waals surface area contributed by atoms with Crippen LogP contribution in [0.2, 0.25) is 0 Å². The number of piperazine rings is 1. The number of anilines is 2. The van der Waals surface area contributed by atoms with Gasteiger partial charge in [-0.3, -0.25) is 4.79 Å². The molecule has 0 saturated carbocycles. The van der Waals surface area contributed by atoms with Gasteiger partial charge in [-0.25, -0.2) is 0 Å². The van der Waals surface area contributed by atoms with E-state index in [0.29, 0.717) is 12.1 Å². The maximum absolute atomic E-state index is 11.9. The molecule has 0 atom stereocenters. The van der Waals surface area contributed by atoms with Crippen LogP contribution in [0.15, 0.2) is 24.3 Å². The van der Waals surface area contributed by atoms with Gasteiger partial charge >= 0.3 is 0 Å². The number of carbonyl (C=O) groups is 1. The zero-order valence-corrected chi connectivity index (χ0v) is 12.8. The van der Waals surface area contributed by atoms with E-state index in [-0.39, 0.29) is 5.91 Å². The van der Waals surface area contributed by atoms with Crippen LogP contribution in [0.1, 0.15) is 19.8 Å². The van der Waals surface area contributed by atoms with Crippen LogP contribution >= 0.6 is 0 Å². The number of nitrogens with one attached hydrogen (secondary N) is 1. The highest BCUT2D eigenvalue weighted by Crippen LogP contribution is 2.12. The second-order valence-corrected chi connectivity index (χ2v) is 5.55. The van der Waals surface area contributed by atoms with E-state index < -0.39 is 0 Å². The third kappa shape index (κ3) is 5.36. The lowest BCUT2D eigenvalue weighted by molar-refractivity contribution is -0.116. The maximum Gasteiger partial charge on any atom is 0.224 e. The zero-order valence-electron chi connectivity index (χ0n) is 12.8. The van der Waals surface area contributed by atoms with E-state index >= 15 is 0 Å². The smallest absolute Gasteiger partial charge is 0.224 e. The first-order valence-electron chi connectivity index (χ1n) is 7.77. The Labute approximate surface area is 127 Å². The van der Waals surface area contributed by atoms with E-state index in [1.54, 1.807) is 6.07 Å². The molecule has 1 amide bonds. The minimum Gasteiger partial charge on any atom is -0.399 e. The molecule has 116 valence electrons. The first kappa shape index (κ1) is 15.8. The number of likely N-dealkylation sites (N-methyl/N-ethyl adjacent to an activating group) is 1. The monoisotopic (exact) mass is 290 g/mol. The van der Waals surface area contributed by atoms with Crippen molar-refractivity contribution >= 4 is 17.3 Å². The predicted octanol–water partition coefficient (Wildman–Crippen LogP) is 1.62. The highest BCUT2D eigenvalue weighted by Gasteiger charge is 2.15. The molecule has 0 aliphatic carbocycles. The van der Waals surface area contributed by atoms with Crippen molar-refractivity contribution in [3.05, 3.63) is 24.3 Å². The standard InChI is InChI=1S/C16H26N4O/c1-2-19-9-11-20(12-10-19)8-4-7-16(21)18-15-6-3-5-14(17)13-15/h3,5-6,13H,2,4,7-12,17H2,1H3,(H,18,21). The highest BCUT2D eigenvalue weighted by molar-refractivity contribution is 5.91. The SMILES string of the molecule is CCN1CCN(CCCC(=O)Nc2cccc(N)c2)CC1. The van der Waals surface area contributed by atoms with Crippen molar-refractivity contribution in [2.75, 3.05) is 50.3 Å². The Morgan fingerprint density at radius 3 is 2.62 bits per heavy atom. The molecule has 0 aromatic heterocycles. The van der Waals surface area contributed by atoms with Gasteiger partial charge in [-0.2, -0.15) is 0 Å². The molecule has 3 N–H and O–H groups in total. The van der Waals surface area contributed by atoms with Crippen LogP contribution in [-0.2, 0) is 4.79 Å². The first-order chi connectivity index (χ1) is 10.2. The molecule has 0 unspecified atom stereocenters. The van der Waals surface area contributed by atoms with Crippen LogP contribution in [-0.4, -0.2) is 55.0 Å². The van der Waals surface area contributed by atoms with Crippen LogP contribution in [0.4, 0.5) is 11.4 Å². The molecule has 0 radical (unpaired) electrons. The Morgan fingerprint density at radius 2 is 1.95 bits per heavy atom. The van der Waals surface area contributed by atoms with E-state index in [1.165, 1.54) is 0 Å². The third-order valence-corrected chi connectivity index (χ3v) is 3.96. The largest absolute Gasteiger partial charge is 0.399 e. The number of carbonyl (C=O) groups excluding carboxylic acids is 1. The van der Waals surface area contributed by atoms with Crippen molar-refractivity contribution < 1.29 is 4.79 Å². The van der Waals surface area contributed by atoms with Crippen molar-refractivity contribution in [3.8, 4) is 0 Å². The van der Waals surface area contributed by atoms with Crippen molar-refractivity contribution in [3.63, 3.8) is 0 Å². The number of hydrogen-bond acceptors (Lipinski definition) is 4. The summed E-state index contributed by atoms with van der Waals surface area (Å²) in [5.41, 5.74) is 7.14. The van der Waals surface area contributed by atoms with Crippen LogP contribution < -0.4 is 11.1 Å². The number of nitrogen functional groups attached to an aromatic ring is 1. The molecule has 1 fully saturated rings. The molecule has 5 heteroatoms. The summed E-state index contributed by atoms with van der Waals surface area (Å²) in [4.78, 5) is 16.8. The van der Waals surface area contributed by atoms with E-state index in [1.807, 2.05) is 18.2 Å². The van der Waals surface area contributed by atoms with E-state index in [9.17, 15) is 4.79 Å². The summed E-state index contributed by atoms with van der Waals surface area (Å²) in [5, 5.41) is 2.89. The number of nitrogens with zero attached hydrogens (tertiary/aromatic N) is 2. The molecule has 1 aliphatic heterocycles. The number of nitrogens with two attached hydrogens (primary N) is 1. The molecular weight excluding hydrogens is 264 g/mol. The first-order valence-corrected chi connectivity index (χ1v) is 7.77. The molecular formula is C16H26N4O. The Hall–Kier alpha value is -1.59. The Morgan fingerprint density at radius 1 is 1.24 bits per heavy atom.